The van der Waals surface area contributed by atoms with Crippen molar-refractivity contribution in [2.24, 2.45) is 0 Å². The molecular formula is C19H18BrN3O3. The molecule has 1 aromatic heterocycles. The van der Waals surface area contributed by atoms with Gasteiger partial charge in [0.25, 0.3) is 11.5 Å². The van der Waals surface area contributed by atoms with Crippen LogP contribution in [0.15, 0.2) is 51.7 Å². The highest BCUT2D eigenvalue weighted by molar-refractivity contribution is 9.10. The lowest BCUT2D eigenvalue weighted by molar-refractivity contribution is 0.0747. The summed E-state index contributed by atoms with van der Waals surface area (Å²) in [5, 5.41) is 0.529. The van der Waals surface area contributed by atoms with E-state index in [0.29, 0.717) is 39.1 Å². The number of hydrogen-bond acceptors (Lipinski definition) is 4. The number of amides is 1. The van der Waals surface area contributed by atoms with Crippen molar-refractivity contribution in [2.75, 3.05) is 13.7 Å². The van der Waals surface area contributed by atoms with Gasteiger partial charge in [0, 0.05) is 11.0 Å². The summed E-state index contributed by atoms with van der Waals surface area (Å²) < 4.78 is 5.89. The van der Waals surface area contributed by atoms with E-state index >= 15 is 0 Å². The van der Waals surface area contributed by atoms with E-state index in [1.165, 1.54) is 0 Å². The van der Waals surface area contributed by atoms with Crippen LogP contribution < -0.4 is 10.3 Å². The summed E-state index contributed by atoms with van der Waals surface area (Å²) in [5.41, 5.74) is 0.892. The normalized spacial score (nSPS) is 10.7. The first-order valence-electron chi connectivity index (χ1n) is 8.14. The third kappa shape index (κ3) is 3.62. The first kappa shape index (κ1) is 18.1. The third-order valence-corrected chi connectivity index (χ3v) is 4.77. The van der Waals surface area contributed by atoms with Crippen LogP contribution in [0, 0.1) is 0 Å². The number of H-pyrrole nitrogens is 1. The van der Waals surface area contributed by atoms with Gasteiger partial charge in [-0.3, -0.25) is 9.59 Å². The molecule has 1 N–H and O–H groups in total. The minimum atomic E-state index is -0.211. The Morgan fingerprint density at radius 3 is 2.77 bits per heavy atom. The number of methoxy groups -OCH3 is 1. The molecular weight excluding hydrogens is 398 g/mol. The number of carbonyl (C=O) groups is 1. The molecule has 0 aliphatic heterocycles. The topological polar surface area (TPSA) is 75.3 Å². The number of hydrogen-bond donors (Lipinski definition) is 1. The molecule has 1 heterocycles. The Kier molecular flexibility index (Phi) is 5.37. The standard InChI is InChI=1S/C19H18BrN3O3/c1-3-23(19(25)14-10-12(26-2)8-9-15(14)20)11-17-21-16-7-5-4-6-13(16)18(24)22-17/h4-10H,3,11H2,1-2H3,(H,21,22,24). The van der Waals surface area contributed by atoms with Crippen LogP contribution >= 0.6 is 15.9 Å². The number of rotatable bonds is 5. The maximum Gasteiger partial charge on any atom is 0.258 e. The van der Waals surface area contributed by atoms with E-state index < -0.39 is 0 Å². The first-order chi connectivity index (χ1) is 12.5. The molecule has 0 bridgehead atoms. The summed E-state index contributed by atoms with van der Waals surface area (Å²) in [7, 11) is 1.55. The fraction of sp³-hybridized carbons (Fsp3) is 0.211. The predicted molar refractivity (Wildman–Crippen MR) is 103 cm³/mol. The summed E-state index contributed by atoms with van der Waals surface area (Å²) in [6.07, 6.45) is 0. The zero-order valence-corrected chi connectivity index (χ0v) is 16.0. The average Bonchev–Trinajstić information content (AvgIpc) is 2.66. The van der Waals surface area contributed by atoms with Crippen LogP contribution in [0.25, 0.3) is 10.9 Å². The van der Waals surface area contributed by atoms with Crippen molar-refractivity contribution in [3.05, 3.63) is 68.7 Å². The number of carbonyl (C=O) groups excluding carboxylic acids is 1. The lowest BCUT2D eigenvalue weighted by Crippen LogP contribution is -2.32. The number of nitrogens with zero attached hydrogens (tertiary/aromatic N) is 2. The molecule has 0 aliphatic carbocycles. The predicted octanol–water partition coefficient (Wildman–Crippen LogP) is 3.36. The van der Waals surface area contributed by atoms with E-state index in [-0.39, 0.29) is 18.0 Å². The summed E-state index contributed by atoms with van der Waals surface area (Å²) in [5.74, 6) is 0.877. The highest BCUT2D eigenvalue weighted by atomic mass is 79.9. The Hall–Kier alpha value is -2.67. The first-order valence-corrected chi connectivity index (χ1v) is 8.93. The Bertz CT molecular complexity index is 1020. The molecule has 0 saturated carbocycles. The largest absolute Gasteiger partial charge is 0.497 e. The summed E-state index contributed by atoms with van der Waals surface area (Å²) in [6.45, 7) is 2.56. The van der Waals surface area contributed by atoms with Crippen LogP contribution in [0.2, 0.25) is 0 Å². The summed E-state index contributed by atoms with van der Waals surface area (Å²) in [6, 6.07) is 12.4. The van der Waals surface area contributed by atoms with Crippen LogP contribution in [-0.4, -0.2) is 34.4 Å². The molecule has 134 valence electrons. The van der Waals surface area contributed by atoms with Crippen molar-refractivity contribution in [3.8, 4) is 5.75 Å². The molecule has 26 heavy (non-hydrogen) atoms. The Morgan fingerprint density at radius 2 is 2.04 bits per heavy atom. The van der Waals surface area contributed by atoms with Crippen molar-refractivity contribution < 1.29 is 9.53 Å². The van der Waals surface area contributed by atoms with Gasteiger partial charge in [0.1, 0.15) is 11.6 Å². The van der Waals surface area contributed by atoms with Crippen molar-refractivity contribution in [1.29, 1.82) is 0 Å². The highest BCUT2D eigenvalue weighted by Crippen LogP contribution is 2.24. The molecule has 0 fully saturated rings. The molecule has 0 unspecified atom stereocenters. The maximum atomic E-state index is 12.9. The molecule has 1 amide bonds. The van der Waals surface area contributed by atoms with Gasteiger partial charge in [0.15, 0.2) is 0 Å². The van der Waals surface area contributed by atoms with E-state index in [1.807, 2.05) is 13.0 Å². The molecule has 3 aromatic rings. The van der Waals surface area contributed by atoms with Crippen LogP contribution in [0.5, 0.6) is 5.75 Å². The number of nitrogens with one attached hydrogen (secondary N) is 1. The quantitative estimate of drug-likeness (QED) is 0.692. The van der Waals surface area contributed by atoms with Crippen molar-refractivity contribution in [2.45, 2.75) is 13.5 Å². The Balaban J connectivity index is 1.92. The fourth-order valence-corrected chi connectivity index (χ4v) is 3.10. The second-order valence-corrected chi connectivity index (χ2v) is 6.55. The molecule has 2 aromatic carbocycles. The van der Waals surface area contributed by atoms with E-state index in [1.54, 1.807) is 48.4 Å². The minimum absolute atomic E-state index is 0.172. The molecule has 0 radical (unpaired) electrons. The van der Waals surface area contributed by atoms with Crippen LogP contribution in [0.3, 0.4) is 0 Å². The molecule has 0 aliphatic rings. The lowest BCUT2D eigenvalue weighted by atomic mass is 10.2. The number of para-hydroxylation sites is 1. The molecule has 0 saturated heterocycles. The van der Waals surface area contributed by atoms with Gasteiger partial charge < -0.3 is 14.6 Å². The van der Waals surface area contributed by atoms with Crippen molar-refractivity contribution in [1.82, 2.24) is 14.9 Å². The molecule has 0 atom stereocenters. The van der Waals surface area contributed by atoms with Gasteiger partial charge >= 0.3 is 0 Å². The average molecular weight is 416 g/mol. The van der Waals surface area contributed by atoms with Gasteiger partial charge in [-0.2, -0.15) is 0 Å². The van der Waals surface area contributed by atoms with Gasteiger partial charge in [-0.15, -0.1) is 0 Å². The van der Waals surface area contributed by atoms with Gasteiger partial charge in [-0.1, -0.05) is 12.1 Å². The summed E-state index contributed by atoms with van der Waals surface area (Å²) >= 11 is 3.41. The zero-order chi connectivity index (χ0) is 18.7. The minimum Gasteiger partial charge on any atom is -0.497 e. The molecule has 6 nitrogen and oxygen atoms in total. The molecule has 0 spiro atoms. The Labute approximate surface area is 158 Å². The van der Waals surface area contributed by atoms with E-state index in [9.17, 15) is 9.59 Å². The number of fused-ring (bicyclic) bond motifs is 1. The van der Waals surface area contributed by atoms with Gasteiger partial charge in [0.2, 0.25) is 0 Å². The van der Waals surface area contributed by atoms with Crippen molar-refractivity contribution in [3.63, 3.8) is 0 Å². The van der Waals surface area contributed by atoms with E-state index in [4.69, 9.17) is 4.74 Å². The number of aromatic amines is 1. The van der Waals surface area contributed by atoms with E-state index in [2.05, 4.69) is 25.9 Å². The van der Waals surface area contributed by atoms with E-state index in [0.717, 1.165) is 0 Å². The third-order valence-electron chi connectivity index (χ3n) is 4.08. The maximum absolute atomic E-state index is 12.9. The monoisotopic (exact) mass is 415 g/mol. The van der Waals surface area contributed by atoms with Crippen LogP contribution in [-0.2, 0) is 6.54 Å². The molecule has 3 rings (SSSR count). The number of ether oxygens (including phenoxy) is 1. The Morgan fingerprint density at radius 1 is 1.27 bits per heavy atom. The van der Waals surface area contributed by atoms with Crippen molar-refractivity contribution >= 4 is 32.7 Å². The number of aromatic nitrogens is 2. The molecule has 7 heteroatoms. The second-order valence-electron chi connectivity index (χ2n) is 5.69. The number of benzene rings is 2. The fourth-order valence-electron chi connectivity index (χ4n) is 2.68. The van der Waals surface area contributed by atoms with Gasteiger partial charge in [0.05, 0.1) is 30.1 Å². The zero-order valence-electron chi connectivity index (χ0n) is 14.5. The summed E-state index contributed by atoms with van der Waals surface area (Å²) in [4.78, 5) is 34.0. The highest BCUT2D eigenvalue weighted by Gasteiger charge is 2.19. The van der Waals surface area contributed by atoms with Crippen LogP contribution in [0.4, 0.5) is 0 Å². The lowest BCUT2D eigenvalue weighted by Gasteiger charge is -2.21. The van der Waals surface area contributed by atoms with Gasteiger partial charge in [-0.05, 0) is 53.2 Å². The van der Waals surface area contributed by atoms with Crippen LogP contribution in [0.1, 0.15) is 23.1 Å². The second kappa shape index (κ2) is 7.70. The van der Waals surface area contributed by atoms with Gasteiger partial charge in [-0.25, -0.2) is 4.98 Å². The SMILES string of the molecule is CCN(Cc1nc2ccccc2c(=O)[nH]1)C(=O)c1cc(OC)ccc1Br. The smallest absolute Gasteiger partial charge is 0.258 e. The number of halogens is 1.